The number of aromatic amines is 1. The van der Waals surface area contributed by atoms with Crippen molar-refractivity contribution in [2.75, 3.05) is 18.5 Å². The summed E-state index contributed by atoms with van der Waals surface area (Å²) in [6.07, 6.45) is 1.75. The molecule has 2 aromatic heterocycles. The van der Waals surface area contributed by atoms with E-state index in [0.717, 1.165) is 29.0 Å². The molecule has 0 bridgehead atoms. The third-order valence-corrected chi connectivity index (χ3v) is 4.93. The summed E-state index contributed by atoms with van der Waals surface area (Å²) in [5, 5.41) is 0.499. The molecule has 3 rings (SSSR count). The Kier molecular flexibility index (Phi) is 4.94. The van der Waals surface area contributed by atoms with Gasteiger partial charge in [0.1, 0.15) is 0 Å². The standard InChI is InChI=1S/C18H22N4OS/c1-13(2)11-22(3)17-9-6-10-19-16(17)12-24(23)18-20-14-7-4-5-8-15(14)21-18/h4-10,13H,11-12H2,1-3H3,(H,20,21). The van der Waals surface area contributed by atoms with E-state index in [0.29, 0.717) is 16.8 Å². The van der Waals surface area contributed by atoms with Crippen LogP contribution in [0.4, 0.5) is 5.69 Å². The second-order valence-electron chi connectivity index (χ2n) is 6.29. The van der Waals surface area contributed by atoms with Crippen LogP contribution in [0.5, 0.6) is 0 Å². The van der Waals surface area contributed by atoms with Crippen molar-refractivity contribution >= 4 is 27.5 Å². The van der Waals surface area contributed by atoms with Gasteiger partial charge < -0.3 is 9.88 Å². The SMILES string of the molecule is CC(C)CN(C)c1cccnc1CS(=O)c1nc2ccccc2[nH]1. The number of fused-ring (bicyclic) bond motifs is 1. The number of rotatable bonds is 6. The highest BCUT2D eigenvalue weighted by Gasteiger charge is 2.16. The molecule has 1 atom stereocenters. The fraction of sp³-hybridized carbons (Fsp3) is 0.333. The monoisotopic (exact) mass is 342 g/mol. The first-order valence-corrected chi connectivity index (χ1v) is 9.34. The molecule has 2 heterocycles. The molecule has 0 aliphatic carbocycles. The summed E-state index contributed by atoms with van der Waals surface area (Å²) < 4.78 is 12.7. The highest BCUT2D eigenvalue weighted by molar-refractivity contribution is 7.84. The van der Waals surface area contributed by atoms with E-state index in [1.165, 1.54) is 0 Å². The van der Waals surface area contributed by atoms with Crippen LogP contribution in [0.3, 0.4) is 0 Å². The van der Waals surface area contributed by atoms with Crippen molar-refractivity contribution in [3.63, 3.8) is 0 Å². The number of anilines is 1. The van der Waals surface area contributed by atoms with Crippen LogP contribution in [-0.2, 0) is 16.6 Å². The van der Waals surface area contributed by atoms with Gasteiger partial charge in [-0.25, -0.2) is 4.98 Å². The van der Waals surface area contributed by atoms with Crippen molar-refractivity contribution in [1.82, 2.24) is 15.0 Å². The zero-order valence-corrected chi connectivity index (χ0v) is 15.0. The fourth-order valence-corrected chi connectivity index (χ4v) is 3.80. The molecule has 0 saturated carbocycles. The summed E-state index contributed by atoms with van der Waals surface area (Å²) in [6.45, 7) is 5.29. The molecule has 5 nitrogen and oxygen atoms in total. The lowest BCUT2D eigenvalue weighted by molar-refractivity contribution is 0.636. The second-order valence-corrected chi connectivity index (χ2v) is 7.66. The molecule has 0 aliphatic heterocycles. The molecule has 1 aromatic carbocycles. The first-order chi connectivity index (χ1) is 11.5. The predicted octanol–water partition coefficient (Wildman–Crippen LogP) is 3.36. The van der Waals surface area contributed by atoms with E-state index in [2.05, 4.69) is 33.7 Å². The van der Waals surface area contributed by atoms with E-state index in [1.54, 1.807) is 6.20 Å². The van der Waals surface area contributed by atoms with Crippen LogP contribution >= 0.6 is 0 Å². The Morgan fingerprint density at radius 3 is 2.75 bits per heavy atom. The summed E-state index contributed by atoms with van der Waals surface area (Å²) in [4.78, 5) is 14.2. The second kappa shape index (κ2) is 7.13. The van der Waals surface area contributed by atoms with Gasteiger partial charge in [-0.2, -0.15) is 0 Å². The Hall–Kier alpha value is -2.21. The normalized spacial score (nSPS) is 12.7. The number of pyridine rings is 1. The smallest absolute Gasteiger partial charge is 0.197 e. The Morgan fingerprint density at radius 1 is 1.21 bits per heavy atom. The molecule has 24 heavy (non-hydrogen) atoms. The molecule has 0 spiro atoms. The average Bonchev–Trinajstić information content (AvgIpc) is 2.99. The van der Waals surface area contributed by atoms with Gasteiger partial charge in [0.15, 0.2) is 5.16 Å². The van der Waals surface area contributed by atoms with E-state index in [1.807, 2.05) is 43.4 Å². The number of imidazole rings is 1. The lowest BCUT2D eigenvalue weighted by atomic mass is 10.2. The topological polar surface area (TPSA) is 61.9 Å². The van der Waals surface area contributed by atoms with Crippen molar-refractivity contribution in [3.05, 3.63) is 48.3 Å². The molecular weight excluding hydrogens is 320 g/mol. The van der Waals surface area contributed by atoms with E-state index < -0.39 is 10.8 Å². The zero-order chi connectivity index (χ0) is 17.1. The number of para-hydroxylation sites is 2. The lowest BCUT2D eigenvalue weighted by Crippen LogP contribution is -2.24. The van der Waals surface area contributed by atoms with Gasteiger partial charge >= 0.3 is 0 Å². The number of hydrogen-bond acceptors (Lipinski definition) is 4. The van der Waals surface area contributed by atoms with E-state index in [9.17, 15) is 4.21 Å². The molecule has 0 fully saturated rings. The lowest BCUT2D eigenvalue weighted by Gasteiger charge is -2.23. The Labute approximate surface area is 144 Å². The van der Waals surface area contributed by atoms with Crippen molar-refractivity contribution in [2.24, 2.45) is 5.92 Å². The molecular formula is C18H22N4OS. The Morgan fingerprint density at radius 2 is 2.00 bits per heavy atom. The van der Waals surface area contributed by atoms with E-state index in [4.69, 9.17) is 0 Å². The van der Waals surface area contributed by atoms with Gasteiger partial charge in [-0.1, -0.05) is 26.0 Å². The molecule has 1 unspecified atom stereocenters. The summed E-state index contributed by atoms with van der Waals surface area (Å²) in [5.41, 5.74) is 3.59. The number of nitrogens with one attached hydrogen (secondary N) is 1. The minimum atomic E-state index is -1.26. The minimum Gasteiger partial charge on any atom is -0.373 e. The van der Waals surface area contributed by atoms with E-state index in [-0.39, 0.29) is 0 Å². The van der Waals surface area contributed by atoms with Crippen LogP contribution in [0.1, 0.15) is 19.5 Å². The van der Waals surface area contributed by atoms with Crippen molar-refractivity contribution in [1.29, 1.82) is 0 Å². The summed E-state index contributed by atoms with van der Waals surface area (Å²) >= 11 is 0. The van der Waals surface area contributed by atoms with Crippen LogP contribution < -0.4 is 4.90 Å². The van der Waals surface area contributed by atoms with Gasteiger partial charge in [0.05, 0.1) is 39.0 Å². The van der Waals surface area contributed by atoms with Crippen molar-refractivity contribution in [3.8, 4) is 0 Å². The van der Waals surface area contributed by atoms with Crippen molar-refractivity contribution < 1.29 is 4.21 Å². The number of aromatic nitrogens is 3. The third-order valence-electron chi connectivity index (χ3n) is 3.77. The first-order valence-electron chi connectivity index (χ1n) is 8.02. The van der Waals surface area contributed by atoms with Gasteiger partial charge in [0.25, 0.3) is 0 Å². The van der Waals surface area contributed by atoms with Gasteiger partial charge in [0, 0.05) is 19.8 Å². The van der Waals surface area contributed by atoms with E-state index >= 15 is 0 Å². The quantitative estimate of drug-likeness (QED) is 0.746. The third kappa shape index (κ3) is 3.64. The zero-order valence-electron chi connectivity index (χ0n) is 14.2. The Balaban J connectivity index is 1.84. The molecule has 126 valence electrons. The molecule has 1 N–H and O–H groups in total. The summed E-state index contributed by atoms with van der Waals surface area (Å²) in [6, 6.07) is 11.7. The van der Waals surface area contributed by atoms with Gasteiger partial charge in [0.2, 0.25) is 0 Å². The molecule has 0 saturated heterocycles. The van der Waals surface area contributed by atoms with Gasteiger partial charge in [-0.05, 0) is 30.2 Å². The fourth-order valence-electron chi connectivity index (χ4n) is 2.76. The van der Waals surface area contributed by atoms with Crippen LogP contribution in [-0.4, -0.2) is 32.8 Å². The molecule has 3 aromatic rings. The largest absolute Gasteiger partial charge is 0.373 e. The highest BCUT2D eigenvalue weighted by atomic mass is 32.2. The van der Waals surface area contributed by atoms with Crippen LogP contribution in [0, 0.1) is 5.92 Å². The summed E-state index contributed by atoms with van der Waals surface area (Å²) in [5.74, 6) is 0.891. The maximum Gasteiger partial charge on any atom is 0.197 e. The van der Waals surface area contributed by atoms with Crippen molar-refractivity contribution in [2.45, 2.75) is 24.8 Å². The average molecular weight is 342 g/mol. The van der Waals surface area contributed by atoms with Gasteiger partial charge in [-0.15, -0.1) is 0 Å². The number of nitrogens with zero attached hydrogens (tertiary/aromatic N) is 3. The van der Waals surface area contributed by atoms with Gasteiger partial charge in [-0.3, -0.25) is 9.19 Å². The first kappa shape index (κ1) is 16.6. The molecule has 0 aliphatic rings. The van der Waals surface area contributed by atoms with Crippen LogP contribution in [0.25, 0.3) is 11.0 Å². The molecule has 6 heteroatoms. The molecule has 0 radical (unpaired) electrons. The molecule has 0 amide bonds. The Bertz CT molecular complexity index is 826. The minimum absolute atomic E-state index is 0.346. The predicted molar refractivity (Wildman–Crippen MR) is 98.6 cm³/mol. The van der Waals surface area contributed by atoms with Crippen LogP contribution in [0.15, 0.2) is 47.8 Å². The number of benzene rings is 1. The number of H-pyrrole nitrogens is 1. The van der Waals surface area contributed by atoms with Crippen LogP contribution in [0.2, 0.25) is 0 Å². The number of hydrogen-bond donors (Lipinski definition) is 1. The summed E-state index contributed by atoms with van der Waals surface area (Å²) in [7, 11) is 0.784. The maximum atomic E-state index is 12.7. The highest BCUT2D eigenvalue weighted by Crippen LogP contribution is 2.22. The maximum absolute atomic E-state index is 12.7.